The molecule has 1 amide bonds. The van der Waals surface area contributed by atoms with E-state index >= 15 is 0 Å². The van der Waals surface area contributed by atoms with Crippen molar-refractivity contribution in [3.05, 3.63) is 30.1 Å². The molecule has 1 aromatic carbocycles. The Morgan fingerprint density at radius 2 is 2.00 bits per heavy atom. The minimum atomic E-state index is -0.438. The van der Waals surface area contributed by atoms with Gasteiger partial charge < -0.3 is 16.4 Å². The van der Waals surface area contributed by atoms with E-state index in [1.807, 2.05) is 4.90 Å². The van der Waals surface area contributed by atoms with Gasteiger partial charge in [-0.2, -0.15) is 0 Å². The van der Waals surface area contributed by atoms with Crippen molar-refractivity contribution in [1.29, 1.82) is 0 Å². The molecule has 0 spiro atoms. The zero-order valence-electron chi connectivity index (χ0n) is 9.90. The van der Waals surface area contributed by atoms with Crippen LogP contribution in [0.1, 0.15) is 13.3 Å². The van der Waals surface area contributed by atoms with Gasteiger partial charge >= 0.3 is 0 Å². The number of hydrogen-bond acceptors (Lipinski definition) is 3. The standard InChI is InChI=1S/C12H18FN3O/c1-9(12(15)17)16(8-2-7-14)11-5-3-10(13)4-6-11/h3-6,9H,2,7-8,14H2,1H3,(H2,15,17). The summed E-state index contributed by atoms with van der Waals surface area (Å²) in [5, 5.41) is 0. The summed E-state index contributed by atoms with van der Waals surface area (Å²) in [5.74, 6) is -0.717. The van der Waals surface area contributed by atoms with Crippen LogP contribution in [-0.2, 0) is 4.79 Å². The van der Waals surface area contributed by atoms with Crippen LogP contribution in [0.5, 0.6) is 0 Å². The van der Waals surface area contributed by atoms with Gasteiger partial charge in [-0.15, -0.1) is 0 Å². The zero-order chi connectivity index (χ0) is 12.8. The lowest BCUT2D eigenvalue weighted by molar-refractivity contribution is -0.118. The van der Waals surface area contributed by atoms with E-state index in [2.05, 4.69) is 0 Å². The predicted octanol–water partition coefficient (Wildman–Crippen LogP) is 0.855. The van der Waals surface area contributed by atoms with Crippen LogP contribution in [-0.4, -0.2) is 25.0 Å². The van der Waals surface area contributed by atoms with E-state index in [1.165, 1.54) is 12.1 Å². The summed E-state index contributed by atoms with van der Waals surface area (Å²) in [6.45, 7) is 2.87. The van der Waals surface area contributed by atoms with Crippen LogP contribution in [0.2, 0.25) is 0 Å². The minimum absolute atomic E-state index is 0.306. The van der Waals surface area contributed by atoms with Crippen LogP contribution in [0.3, 0.4) is 0 Å². The van der Waals surface area contributed by atoms with Crippen molar-refractivity contribution in [1.82, 2.24) is 0 Å². The van der Waals surface area contributed by atoms with E-state index in [0.717, 1.165) is 12.1 Å². The van der Waals surface area contributed by atoms with Gasteiger partial charge in [-0.05, 0) is 44.2 Å². The fraction of sp³-hybridized carbons (Fsp3) is 0.417. The van der Waals surface area contributed by atoms with Crippen molar-refractivity contribution in [3.63, 3.8) is 0 Å². The highest BCUT2D eigenvalue weighted by Crippen LogP contribution is 2.17. The smallest absolute Gasteiger partial charge is 0.239 e. The van der Waals surface area contributed by atoms with Crippen LogP contribution in [0.4, 0.5) is 10.1 Å². The average Bonchev–Trinajstić information content (AvgIpc) is 2.31. The molecule has 0 radical (unpaired) electrons. The topological polar surface area (TPSA) is 72.4 Å². The fourth-order valence-corrected chi connectivity index (χ4v) is 1.59. The van der Waals surface area contributed by atoms with E-state index in [4.69, 9.17) is 11.5 Å². The largest absolute Gasteiger partial charge is 0.368 e. The summed E-state index contributed by atoms with van der Waals surface area (Å²) in [6.07, 6.45) is 0.745. The molecular weight excluding hydrogens is 221 g/mol. The minimum Gasteiger partial charge on any atom is -0.368 e. The lowest BCUT2D eigenvalue weighted by Crippen LogP contribution is -2.43. The zero-order valence-corrected chi connectivity index (χ0v) is 9.90. The highest BCUT2D eigenvalue weighted by molar-refractivity contribution is 5.83. The van der Waals surface area contributed by atoms with Crippen molar-refractivity contribution in [3.8, 4) is 0 Å². The maximum atomic E-state index is 12.8. The molecule has 0 aliphatic heterocycles. The number of amides is 1. The first-order chi connectivity index (χ1) is 8.06. The third-order valence-corrected chi connectivity index (χ3v) is 2.64. The first-order valence-electron chi connectivity index (χ1n) is 5.58. The second kappa shape index (κ2) is 6.20. The molecule has 1 rings (SSSR count). The van der Waals surface area contributed by atoms with E-state index in [1.54, 1.807) is 19.1 Å². The van der Waals surface area contributed by atoms with Crippen molar-refractivity contribution in [2.45, 2.75) is 19.4 Å². The van der Waals surface area contributed by atoms with Crippen LogP contribution in [0.25, 0.3) is 0 Å². The SMILES string of the molecule is CC(C(N)=O)N(CCCN)c1ccc(F)cc1. The maximum Gasteiger partial charge on any atom is 0.239 e. The van der Waals surface area contributed by atoms with Crippen LogP contribution in [0, 0.1) is 5.82 Å². The van der Waals surface area contributed by atoms with E-state index in [-0.39, 0.29) is 5.82 Å². The second-order valence-corrected chi connectivity index (χ2v) is 3.89. The molecule has 1 aromatic rings. The highest BCUT2D eigenvalue weighted by atomic mass is 19.1. The van der Waals surface area contributed by atoms with Crippen LogP contribution < -0.4 is 16.4 Å². The molecule has 5 heteroatoms. The van der Waals surface area contributed by atoms with E-state index < -0.39 is 11.9 Å². The first-order valence-corrected chi connectivity index (χ1v) is 5.58. The quantitative estimate of drug-likeness (QED) is 0.773. The van der Waals surface area contributed by atoms with Gasteiger partial charge in [-0.1, -0.05) is 0 Å². The summed E-state index contributed by atoms with van der Waals surface area (Å²) in [5.41, 5.74) is 11.5. The van der Waals surface area contributed by atoms with Gasteiger partial charge in [-0.25, -0.2) is 4.39 Å². The first kappa shape index (κ1) is 13.4. The van der Waals surface area contributed by atoms with Gasteiger partial charge in [0.2, 0.25) is 5.91 Å². The van der Waals surface area contributed by atoms with E-state index in [9.17, 15) is 9.18 Å². The van der Waals surface area contributed by atoms with Crippen LogP contribution >= 0.6 is 0 Å². The molecule has 0 aromatic heterocycles. The monoisotopic (exact) mass is 239 g/mol. The van der Waals surface area contributed by atoms with Crippen molar-refractivity contribution in [2.24, 2.45) is 11.5 Å². The molecule has 0 aliphatic carbocycles. The molecule has 0 saturated heterocycles. The molecule has 94 valence electrons. The third-order valence-electron chi connectivity index (χ3n) is 2.64. The molecular formula is C12H18FN3O. The van der Waals surface area contributed by atoms with Gasteiger partial charge in [0.25, 0.3) is 0 Å². The molecule has 0 aliphatic rings. The summed E-state index contributed by atoms with van der Waals surface area (Å²) in [4.78, 5) is 13.0. The van der Waals surface area contributed by atoms with Gasteiger partial charge in [-0.3, -0.25) is 4.79 Å². The van der Waals surface area contributed by atoms with Crippen LogP contribution in [0.15, 0.2) is 24.3 Å². The number of rotatable bonds is 6. The molecule has 4 N–H and O–H groups in total. The lowest BCUT2D eigenvalue weighted by atomic mass is 10.2. The van der Waals surface area contributed by atoms with Gasteiger partial charge in [0.05, 0.1) is 0 Å². The Hall–Kier alpha value is -1.62. The highest BCUT2D eigenvalue weighted by Gasteiger charge is 2.18. The third kappa shape index (κ3) is 3.71. The van der Waals surface area contributed by atoms with Gasteiger partial charge in [0, 0.05) is 12.2 Å². The summed E-state index contributed by atoms with van der Waals surface area (Å²) in [6, 6.07) is 5.54. The Morgan fingerprint density at radius 1 is 1.41 bits per heavy atom. The number of nitrogens with zero attached hydrogens (tertiary/aromatic N) is 1. The number of carbonyl (C=O) groups excluding carboxylic acids is 1. The molecule has 1 atom stereocenters. The number of carbonyl (C=O) groups is 1. The fourth-order valence-electron chi connectivity index (χ4n) is 1.59. The Labute approximate surface area is 100 Å². The average molecular weight is 239 g/mol. The van der Waals surface area contributed by atoms with Crippen molar-refractivity contribution >= 4 is 11.6 Å². The number of anilines is 1. The van der Waals surface area contributed by atoms with Crippen molar-refractivity contribution < 1.29 is 9.18 Å². The van der Waals surface area contributed by atoms with Gasteiger partial charge in [0.1, 0.15) is 11.9 Å². The molecule has 0 saturated carbocycles. The Kier molecular flexibility index (Phi) is 4.90. The Balaban J connectivity index is 2.88. The normalized spacial score (nSPS) is 12.2. The predicted molar refractivity (Wildman–Crippen MR) is 66.1 cm³/mol. The molecule has 0 bridgehead atoms. The van der Waals surface area contributed by atoms with Gasteiger partial charge in [0.15, 0.2) is 0 Å². The number of benzene rings is 1. The number of hydrogen-bond donors (Lipinski definition) is 2. The molecule has 17 heavy (non-hydrogen) atoms. The Bertz CT molecular complexity index is 367. The molecule has 1 unspecified atom stereocenters. The van der Waals surface area contributed by atoms with Crippen molar-refractivity contribution in [2.75, 3.05) is 18.0 Å². The lowest BCUT2D eigenvalue weighted by Gasteiger charge is -2.29. The number of halogens is 1. The molecule has 0 fully saturated rings. The summed E-state index contributed by atoms with van der Waals surface area (Å²) < 4.78 is 12.8. The second-order valence-electron chi connectivity index (χ2n) is 3.89. The molecule has 0 heterocycles. The summed E-state index contributed by atoms with van der Waals surface area (Å²) >= 11 is 0. The Morgan fingerprint density at radius 3 is 2.47 bits per heavy atom. The number of primary amides is 1. The maximum absolute atomic E-state index is 12.8. The summed E-state index contributed by atoms with van der Waals surface area (Å²) in [7, 11) is 0. The van der Waals surface area contributed by atoms with E-state index in [0.29, 0.717) is 13.1 Å². The molecule has 4 nitrogen and oxygen atoms in total. The number of nitrogens with two attached hydrogens (primary N) is 2.